The van der Waals surface area contributed by atoms with Gasteiger partial charge in [-0.2, -0.15) is 0 Å². The Hall–Kier alpha value is -2.65. The number of rotatable bonds is 1. The number of benzene rings is 2. The van der Waals surface area contributed by atoms with Gasteiger partial charge in [0.25, 0.3) is 0 Å². The summed E-state index contributed by atoms with van der Waals surface area (Å²) < 4.78 is 8.70. The van der Waals surface area contributed by atoms with E-state index in [2.05, 4.69) is 90.1 Å². The van der Waals surface area contributed by atoms with Crippen molar-refractivity contribution in [3.8, 4) is 11.3 Å². The molecule has 0 aliphatic carbocycles. The molecule has 3 heteroatoms. The van der Waals surface area contributed by atoms with Gasteiger partial charge in [-0.3, -0.25) is 4.98 Å². The highest BCUT2D eigenvalue weighted by Crippen LogP contribution is 2.43. The van der Waals surface area contributed by atoms with E-state index in [-0.39, 0.29) is 10.8 Å². The van der Waals surface area contributed by atoms with Crippen molar-refractivity contribution >= 4 is 42.5 Å². The molecule has 0 amide bonds. The van der Waals surface area contributed by atoms with Gasteiger partial charge in [-0.25, -0.2) is 0 Å². The molecular formula is C27H27NOS. The van der Waals surface area contributed by atoms with E-state index in [4.69, 9.17) is 9.40 Å². The first kappa shape index (κ1) is 19.3. The van der Waals surface area contributed by atoms with E-state index in [0.717, 1.165) is 22.4 Å². The van der Waals surface area contributed by atoms with Gasteiger partial charge in [-0.05, 0) is 46.0 Å². The van der Waals surface area contributed by atoms with Gasteiger partial charge >= 0.3 is 0 Å². The molecule has 2 nitrogen and oxygen atoms in total. The highest BCUT2D eigenvalue weighted by Gasteiger charge is 2.23. The SMILES string of the molecule is CC(C)(C)c1cc2sc3c(-c4cc(C(C)(C)C)c5ccccc5c4)nccc3c2o1. The first-order valence-corrected chi connectivity index (χ1v) is 11.3. The second-order valence-corrected chi connectivity index (χ2v) is 11.2. The van der Waals surface area contributed by atoms with Crippen LogP contribution in [0.15, 0.2) is 59.1 Å². The van der Waals surface area contributed by atoms with Crippen LogP contribution in [0, 0.1) is 0 Å². The van der Waals surface area contributed by atoms with Crippen molar-refractivity contribution < 1.29 is 4.42 Å². The number of hydrogen-bond donors (Lipinski definition) is 0. The molecule has 3 aromatic heterocycles. The largest absolute Gasteiger partial charge is 0.459 e. The third kappa shape index (κ3) is 3.04. The van der Waals surface area contributed by atoms with Crippen molar-refractivity contribution in [2.75, 3.05) is 0 Å². The van der Waals surface area contributed by atoms with E-state index in [1.54, 1.807) is 11.3 Å². The summed E-state index contributed by atoms with van der Waals surface area (Å²) in [7, 11) is 0. The van der Waals surface area contributed by atoms with E-state index >= 15 is 0 Å². The first-order valence-electron chi connectivity index (χ1n) is 10.5. The van der Waals surface area contributed by atoms with E-state index < -0.39 is 0 Å². The van der Waals surface area contributed by atoms with Crippen LogP contribution in [-0.4, -0.2) is 4.98 Å². The van der Waals surface area contributed by atoms with Crippen molar-refractivity contribution in [2.45, 2.75) is 52.4 Å². The maximum absolute atomic E-state index is 6.31. The van der Waals surface area contributed by atoms with Crippen LogP contribution in [0.4, 0.5) is 0 Å². The lowest BCUT2D eigenvalue weighted by Crippen LogP contribution is -2.12. The summed E-state index contributed by atoms with van der Waals surface area (Å²) in [4.78, 5) is 4.82. The van der Waals surface area contributed by atoms with Gasteiger partial charge in [0, 0.05) is 22.6 Å². The molecule has 30 heavy (non-hydrogen) atoms. The van der Waals surface area contributed by atoms with Crippen molar-refractivity contribution in [1.82, 2.24) is 4.98 Å². The lowest BCUT2D eigenvalue weighted by atomic mass is 9.82. The molecule has 0 unspecified atom stereocenters. The molecule has 0 spiro atoms. The fraction of sp³-hybridized carbons (Fsp3) is 0.296. The molecule has 0 N–H and O–H groups in total. The lowest BCUT2D eigenvalue weighted by molar-refractivity contribution is 0.431. The zero-order valence-corrected chi connectivity index (χ0v) is 19.3. The van der Waals surface area contributed by atoms with Gasteiger partial charge in [-0.1, -0.05) is 65.8 Å². The predicted octanol–water partition coefficient (Wildman–Crippen LogP) is 8.46. The minimum absolute atomic E-state index is 0.000872. The number of furan rings is 1. The Morgan fingerprint density at radius 2 is 1.60 bits per heavy atom. The zero-order valence-electron chi connectivity index (χ0n) is 18.5. The smallest absolute Gasteiger partial charge is 0.153 e. The number of aromatic nitrogens is 1. The molecule has 0 atom stereocenters. The molecule has 0 saturated carbocycles. The minimum atomic E-state index is 0.000872. The maximum atomic E-state index is 6.31. The molecule has 0 radical (unpaired) electrons. The lowest BCUT2D eigenvalue weighted by Gasteiger charge is -2.22. The summed E-state index contributed by atoms with van der Waals surface area (Å²) in [6.45, 7) is 13.4. The standard InChI is InChI=1S/C27H27NOS/c1-26(2,3)20-14-17(13-16-9-7-8-10-18(16)20)23-25-19(11-12-28-23)24-21(30-25)15-22(29-24)27(4,5)6/h7-15H,1-6H3. The van der Waals surface area contributed by atoms with Crippen molar-refractivity contribution in [1.29, 1.82) is 0 Å². The molecular weight excluding hydrogens is 386 g/mol. The van der Waals surface area contributed by atoms with E-state index in [1.807, 2.05) is 6.20 Å². The summed E-state index contributed by atoms with van der Waals surface area (Å²) >= 11 is 1.78. The second kappa shape index (κ2) is 6.42. The quantitative estimate of drug-likeness (QED) is 0.275. The molecule has 2 aromatic carbocycles. The first-order chi connectivity index (χ1) is 14.1. The van der Waals surface area contributed by atoms with Crippen LogP contribution in [0.25, 0.3) is 42.4 Å². The minimum Gasteiger partial charge on any atom is -0.459 e. The third-order valence-corrected chi connectivity index (χ3v) is 6.88. The zero-order chi connectivity index (χ0) is 21.3. The van der Waals surface area contributed by atoms with Gasteiger partial charge in [0.1, 0.15) is 5.76 Å². The van der Waals surface area contributed by atoms with Gasteiger partial charge in [0.15, 0.2) is 5.58 Å². The van der Waals surface area contributed by atoms with Gasteiger partial charge in [0.2, 0.25) is 0 Å². The fourth-order valence-electron chi connectivity index (χ4n) is 4.12. The average molecular weight is 414 g/mol. The highest BCUT2D eigenvalue weighted by molar-refractivity contribution is 7.26. The highest BCUT2D eigenvalue weighted by atomic mass is 32.1. The maximum Gasteiger partial charge on any atom is 0.153 e. The molecule has 0 aliphatic rings. The van der Waals surface area contributed by atoms with Crippen LogP contribution in [0.3, 0.4) is 0 Å². The Bertz CT molecular complexity index is 1410. The van der Waals surface area contributed by atoms with Crippen LogP contribution in [-0.2, 0) is 10.8 Å². The molecule has 5 rings (SSSR count). The Morgan fingerprint density at radius 1 is 0.833 bits per heavy atom. The number of fused-ring (bicyclic) bond motifs is 4. The van der Waals surface area contributed by atoms with Gasteiger partial charge in [0.05, 0.1) is 15.1 Å². The normalized spacial score (nSPS) is 13.0. The van der Waals surface area contributed by atoms with Crippen molar-refractivity contribution in [2.24, 2.45) is 0 Å². The van der Waals surface area contributed by atoms with Crippen LogP contribution >= 0.6 is 11.3 Å². The summed E-state index contributed by atoms with van der Waals surface area (Å²) in [5, 5.41) is 3.73. The van der Waals surface area contributed by atoms with Gasteiger partial charge < -0.3 is 4.42 Å². The predicted molar refractivity (Wildman–Crippen MR) is 130 cm³/mol. The Morgan fingerprint density at radius 3 is 2.33 bits per heavy atom. The topological polar surface area (TPSA) is 26.0 Å². The monoisotopic (exact) mass is 413 g/mol. The summed E-state index contributed by atoms with van der Waals surface area (Å²) in [6.07, 6.45) is 1.91. The molecule has 0 bridgehead atoms. The molecule has 5 aromatic rings. The average Bonchev–Trinajstić information content (AvgIpc) is 3.24. The molecule has 0 fully saturated rings. The summed E-state index contributed by atoms with van der Waals surface area (Å²) in [5.74, 6) is 1.03. The van der Waals surface area contributed by atoms with Gasteiger partial charge in [-0.15, -0.1) is 11.3 Å². The van der Waals surface area contributed by atoms with E-state index in [9.17, 15) is 0 Å². The second-order valence-electron chi connectivity index (χ2n) is 10.2. The van der Waals surface area contributed by atoms with Crippen LogP contribution in [0.2, 0.25) is 0 Å². The van der Waals surface area contributed by atoms with E-state index in [1.165, 1.54) is 31.3 Å². The fourth-order valence-corrected chi connectivity index (χ4v) is 5.29. The number of thiophene rings is 1. The van der Waals surface area contributed by atoms with Crippen molar-refractivity contribution in [3.63, 3.8) is 0 Å². The Kier molecular flexibility index (Phi) is 4.14. The van der Waals surface area contributed by atoms with E-state index in [0.29, 0.717) is 0 Å². The van der Waals surface area contributed by atoms with Crippen LogP contribution in [0.1, 0.15) is 52.9 Å². The molecule has 3 heterocycles. The number of nitrogens with zero attached hydrogens (tertiary/aromatic N) is 1. The molecule has 0 aliphatic heterocycles. The Labute approximate surface area is 181 Å². The Balaban J connectivity index is 1.78. The van der Waals surface area contributed by atoms with Crippen LogP contribution in [0.5, 0.6) is 0 Å². The summed E-state index contributed by atoms with van der Waals surface area (Å²) in [5.41, 5.74) is 4.60. The van der Waals surface area contributed by atoms with Crippen LogP contribution < -0.4 is 0 Å². The third-order valence-electron chi connectivity index (χ3n) is 5.74. The molecule has 0 saturated heterocycles. The summed E-state index contributed by atoms with van der Waals surface area (Å²) in [6, 6.07) is 17.5. The van der Waals surface area contributed by atoms with Crippen molar-refractivity contribution in [3.05, 3.63) is 66.1 Å². The number of hydrogen-bond acceptors (Lipinski definition) is 3. The number of pyridine rings is 1. The molecule has 152 valence electrons.